The number of likely N-dealkylation sites (N-methyl/N-ethyl adjacent to an activating group) is 1. The number of nitrogens with one attached hydrogen (secondary N) is 2. The zero-order valence-corrected chi connectivity index (χ0v) is 16.1. The maximum absolute atomic E-state index is 12.4. The average Bonchev–Trinajstić information content (AvgIpc) is 2.59. The normalized spacial score (nSPS) is 15.0. The maximum Gasteiger partial charge on any atom is 0.323 e. The number of carbonyl (C=O) groups is 1. The van der Waals surface area contributed by atoms with E-state index in [9.17, 15) is 4.79 Å². The van der Waals surface area contributed by atoms with Crippen molar-refractivity contribution < 1.29 is 4.79 Å². The lowest BCUT2D eigenvalue weighted by atomic mass is 10.1. The van der Waals surface area contributed by atoms with Crippen LogP contribution in [0.5, 0.6) is 0 Å². The molecule has 26 heavy (non-hydrogen) atoms. The fourth-order valence-electron chi connectivity index (χ4n) is 3.47. The summed E-state index contributed by atoms with van der Waals surface area (Å²) in [5.74, 6) is 0. The summed E-state index contributed by atoms with van der Waals surface area (Å²) in [7, 11) is 2.15. The maximum atomic E-state index is 12.4. The molecular weight excluding hydrogens is 324 g/mol. The van der Waals surface area contributed by atoms with E-state index in [1.807, 2.05) is 26.0 Å². The topological polar surface area (TPSA) is 47.6 Å². The third-order valence-electron chi connectivity index (χ3n) is 4.91. The number of nitrogens with zero attached hydrogens (tertiary/aromatic N) is 2. The molecule has 0 aromatic heterocycles. The number of benzene rings is 2. The molecule has 0 bridgehead atoms. The van der Waals surface area contributed by atoms with Crippen LogP contribution in [0.2, 0.25) is 0 Å². The van der Waals surface area contributed by atoms with Crippen molar-refractivity contribution in [3.8, 4) is 0 Å². The summed E-state index contributed by atoms with van der Waals surface area (Å²) in [6, 6.07) is 12.0. The van der Waals surface area contributed by atoms with Crippen LogP contribution < -0.4 is 15.5 Å². The number of amides is 2. The van der Waals surface area contributed by atoms with Crippen LogP contribution >= 0.6 is 0 Å². The third kappa shape index (κ3) is 4.35. The SMILES string of the molecule is Cc1cc(C)c(NC(=O)Nc2ccc(N3CCN(C)CC3)cc2)c(C)c1. The smallest absolute Gasteiger partial charge is 0.323 e. The molecule has 5 heteroatoms. The van der Waals surface area contributed by atoms with E-state index in [0.717, 1.165) is 48.7 Å². The molecule has 2 N–H and O–H groups in total. The molecule has 0 saturated carbocycles. The fourth-order valence-corrected chi connectivity index (χ4v) is 3.47. The van der Waals surface area contributed by atoms with Crippen LogP contribution in [-0.2, 0) is 0 Å². The van der Waals surface area contributed by atoms with Gasteiger partial charge in [-0.05, 0) is 63.2 Å². The number of piperazine rings is 1. The van der Waals surface area contributed by atoms with Gasteiger partial charge in [-0.1, -0.05) is 17.7 Å². The quantitative estimate of drug-likeness (QED) is 0.877. The Hall–Kier alpha value is -2.53. The lowest BCUT2D eigenvalue weighted by Gasteiger charge is -2.34. The first-order chi connectivity index (χ1) is 12.4. The van der Waals surface area contributed by atoms with Crippen molar-refractivity contribution in [2.45, 2.75) is 20.8 Å². The average molecular weight is 352 g/mol. The zero-order valence-electron chi connectivity index (χ0n) is 16.1. The molecule has 1 fully saturated rings. The van der Waals surface area contributed by atoms with E-state index < -0.39 is 0 Å². The highest BCUT2D eigenvalue weighted by molar-refractivity contribution is 6.00. The predicted molar refractivity (Wildman–Crippen MR) is 109 cm³/mol. The summed E-state index contributed by atoms with van der Waals surface area (Å²) in [6.07, 6.45) is 0. The third-order valence-corrected chi connectivity index (χ3v) is 4.91. The Morgan fingerprint density at radius 3 is 2.04 bits per heavy atom. The van der Waals surface area contributed by atoms with Gasteiger partial charge in [-0.2, -0.15) is 0 Å². The Kier molecular flexibility index (Phi) is 5.47. The predicted octanol–water partition coefficient (Wildman–Crippen LogP) is 4.01. The molecule has 0 radical (unpaired) electrons. The van der Waals surface area contributed by atoms with Gasteiger partial charge in [-0.25, -0.2) is 4.79 Å². The highest BCUT2D eigenvalue weighted by Gasteiger charge is 2.14. The van der Waals surface area contributed by atoms with Crippen molar-refractivity contribution in [1.29, 1.82) is 0 Å². The van der Waals surface area contributed by atoms with Crippen molar-refractivity contribution in [1.82, 2.24) is 4.90 Å². The molecule has 0 unspecified atom stereocenters. The summed E-state index contributed by atoms with van der Waals surface area (Å²) in [5.41, 5.74) is 6.22. The number of anilines is 3. The summed E-state index contributed by atoms with van der Waals surface area (Å²) < 4.78 is 0. The summed E-state index contributed by atoms with van der Waals surface area (Å²) in [4.78, 5) is 17.1. The molecule has 3 rings (SSSR count). The molecule has 1 aliphatic heterocycles. The summed E-state index contributed by atoms with van der Waals surface area (Å²) in [6.45, 7) is 10.3. The number of carbonyl (C=O) groups excluding carboxylic acids is 1. The summed E-state index contributed by atoms with van der Waals surface area (Å²) in [5, 5.41) is 5.89. The summed E-state index contributed by atoms with van der Waals surface area (Å²) >= 11 is 0. The molecule has 0 aliphatic carbocycles. The molecule has 1 aliphatic rings. The second-order valence-corrected chi connectivity index (χ2v) is 7.19. The van der Waals surface area contributed by atoms with Crippen LogP contribution in [0.15, 0.2) is 36.4 Å². The van der Waals surface area contributed by atoms with Crippen molar-refractivity contribution in [3.63, 3.8) is 0 Å². The first kappa shape index (κ1) is 18.3. The minimum Gasteiger partial charge on any atom is -0.369 e. The van der Waals surface area contributed by atoms with Crippen molar-refractivity contribution >= 4 is 23.1 Å². The lowest BCUT2D eigenvalue weighted by molar-refractivity contribution is 0.262. The molecule has 0 spiro atoms. The fraction of sp³-hybridized carbons (Fsp3) is 0.381. The van der Waals surface area contributed by atoms with Gasteiger partial charge < -0.3 is 20.4 Å². The van der Waals surface area contributed by atoms with Crippen LogP contribution in [-0.4, -0.2) is 44.2 Å². The van der Waals surface area contributed by atoms with Gasteiger partial charge in [0.15, 0.2) is 0 Å². The van der Waals surface area contributed by atoms with Gasteiger partial charge in [0.1, 0.15) is 0 Å². The Bertz CT molecular complexity index is 754. The molecule has 0 atom stereocenters. The van der Waals surface area contributed by atoms with Gasteiger partial charge in [-0.3, -0.25) is 0 Å². The van der Waals surface area contributed by atoms with Crippen molar-refractivity contribution in [2.24, 2.45) is 0 Å². The Balaban J connectivity index is 1.61. The van der Waals surface area contributed by atoms with E-state index in [4.69, 9.17) is 0 Å². The minimum absolute atomic E-state index is 0.215. The van der Waals surface area contributed by atoms with Gasteiger partial charge in [0.05, 0.1) is 0 Å². The van der Waals surface area contributed by atoms with E-state index in [-0.39, 0.29) is 6.03 Å². The standard InChI is InChI=1S/C21H28N4O/c1-15-13-16(2)20(17(3)14-15)23-21(26)22-18-5-7-19(8-6-18)25-11-9-24(4)10-12-25/h5-8,13-14H,9-12H2,1-4H3,(H2,22,23,26). The van der Waals surface area contributed by atoms with E-state index in [1.54, 1.807) is 0 Å². The van der Waals surface area contributed by atoms with Gasteiger partial charge in [-0.15, -0.1) is 0 Å². The van der Waals surface area contributed by atoms with Crippen LogP contribution in [0, 0.1) is 20.8 Å². The van der Waals surface area contributed by atoms with Crippen LogP contribution in [0.4, 0.5) is 21.9 Å². The highest BCUT2D eigenvalue weighted by Crippen LogP contribution is 2.23. The highest BCUT2D eigenvalue weighted by atomic mass is 16.2. The number of aryl methyl sites for hydroxylation is 3. The Labute approximate surface area is 156 Å². The van der Waals surface area contributed by atoms with E-state index in [2.05, 4.69) is 58.7 Å². The first-order valence-electron chi connectivity index (χ1n) is 9.12. The Morgan fingerprint density at radius 1 is 0.885 bits per heavy atom. The number of rotatable bonds is 3. The van der Waals surface area contributed by atoms with Gasteiger partial charge >= 0.3 is 6.03 Å². The van der Waals surface area contributed by atoms with E-state index in [0.29, 0.717) is 0 Å². The van der Waals surface area contributed by atoms with Gasteiger partial charge in [0, 0.05) is 43.2 Å². The molecule has 2 aromatic carbocycles. The molecular formula is C21H28N4O. The number of urea groups is 1. The van der Waals surface area contributed by atoms with Crippen LogP contribution in [0.3, 0.4) is 0 Å². The monoisotopic (exact) mass is 352 g/mol. The molecule has 1 saturated heterocycles. The Morgan fingerprint density at radius 2 is 1.46 bits per heavy atom. The van der Waals surface area contributed by atoms with Gasteiger partial charge in [0.25, 0.3) is 0 Å². The van der Waals surface area contributed by atoms with E-state index >= 15 is 0 Å². The van der Waals surface area contributed by atoms with Crippen molar-refractivity contribution in [2.75, 3.05) is 48.8 Å². The van der Waals surface area contributed by atoms with Gasteiger partial charge in [0.2, 0.25) is 0 Å². The minimum atomic E-state index is -0.215. The van der Waals surface area contributed by atoms with E-state index in [1.165, 1.54) is 11.3 Å². The number of hydrogen-bond acceptors (Lipinski definition) is 3. The second kappa shape index (κ2) is 7.79. The van der Waals surface area contributed by atoms with Crippen molar-refractivity contribution in [3.05, 3.63) is 53.1 Å². The van der Waals surface area contributed by atoms with Crippen LogP contribution in [0.1, 0.15) is 16.7 Å². The number of hydrogen-bond donors (Lipinski definition) is 2. The lowest BCUT2D eigenvalue weighted by Crippen LogP contribution is -2.44. The second-order valence-electron chi connectivity index (χ2n) is 7.19. The zero-order chi connectivity index (χ0) is 18.7. The molecule has 5 nitrogen and oxygen atoms in total. The molecule has 1 heterocycles. The molecule has 2 amide bonds. The van der Waals surface area contributed by atoms with Crippen LogP contribution in [0.25, 0.3) is 0 Å². The largest absolute Gasteiger partial charge is 0.369 e. The molecule has 2 aromatic rings. The molecule has 138 valence electrons. The first-order valence-corrected chi connectivity index (χ1v) is 9.12.